The average molecular weight is 354 g/mol. The second-order valence-corrected chi connectivity index (χ2v) is 5.88. The number of anilines is 1. The molecular formula is C19H18N2O5. The molecule has 134 valence electrons. The Morgan fingerprint density at radius 2 is 1.81 bits per heavy atom. The summed E-state index contributed by atoms with van der Waals surface area (Å²) in [6.07, 6.45) is -0.00814. The van der Waals surface area contributed by atoms with Crippen molar-refractivity contribution in [3.63, 3.8) is 0 Å². The van der Waals surface area contributed by atoms with Gasteiger partial charge >= 0.3 is 11.6 Å². The fraction of sp³-hybridized carbons (Fsp3) is 0.211. The number of carbonyl (C=O) groups is 2. The maximum absolute atomic E-state index is 11.9. The second kappa shape index (κ2) is 7.37. The number of esters is 1. The number of Topliss-reactive ketones (excluding diaryl/α,β-unsaturated/α-hetero) is 1. The van der Waals surface area contributed by atoms with Crippen molar-refractivity contribution in [1.29, 1.82) is 0 Å². The van der Waals surface area contributed by atoms with Gasteiger partial charge in [-0.2, -0.15) is 0 Å². The predicted octanol–water partition coefficient (Wildman–Crippen LogP) is 1.88. The number of hydrogen-bond donors (Lipinski definition) is 2. The van der Waals surface area contributed by atoms with Crippen LogP contribution in [0.15, 0.2) is 45.6 Å². The largest absolute Gasteiger partial charge is 0.461 e. The first-order valence-corrected chi connectivity index (χ1v) is 8.11. The Labute approximate surface area is 148 Å². The van der Waals surface area contributed by atoms with E-state index in [-0.39, 0.29) is 31.8 Å². The van der Waals surface area contributed by atoms with Crippen LogP contribution in [0.3, 0.4) is 0 Å². The summed E-state index contributed by atoms with van der Waals surface area (Å²) in [5, 5.41) is 2.15. The van der Waals surface area contributed by atoms with Crippen LogP contribution in [0.1, 0.15) is 18.4 Å². The number of rotatable bonds is 6. The molecule has 0 spiro atoms. The second-order valence-electron chi connectivity index (χ2n) is 5.88. The van der Waals surface area contributed by atoms with Gasteiger partial charge in [0.1, 0.15) is 18.0 Å². The monoisotopic (exact) mass is 354 g/mol. The van der Waals surface area contributed by atoms with Gasteiger partial charge in [0.05, 0.1) is 13.0 Å². The molecule has 3 aromatic rings. The molecule has 0 bridgehead atoms. The van der Waals surface area contributed by atoms with Gasteiger partial charge in [0.2, 0.25) is 0 Å². The molecule has 0 aliphatic rings. The van der Waals surface area contributed by atoms with E-state index in [1.54, 1.807) is 18.2 Å². The molecule has 7 nitrogen and oxygen atoms in total. The van der Waals surface area contributed by atoms with Gasteiger partial charge in [-0.1, -0.05) is 24.3 Å². The highest BCUT2D eigenvalue weighted by Crippen LogP contribution is 2.30. The average Bonchev–Trinajstić information content (AvgIpc) is 2.64. The molecule has 0 aliphatic heterocycles. The summed E-state index contributed by atoms with van der Waals surface area (Å²) < 4.78 is 10.5. The molecule has 0 unspecified atom stereocenters. The summed E-state index contributed by atoms with van der Waals surface area (Å²) in [5.41, 5.74) is 12.1. The van der Waals surface area contributed by atoms with Gasteiger partial charge in [-0.3, -0.25) is 9.59 Å². The molecule has 7 heteroatoms. The molecule has 4 N–H and O–H groups in total. The van der Waals surface area contributed by atoms with E-state index < -0.39 is 11.6 Å². The van der Waals surface area contributed by atoms with E-state index >= 15 is 0 Å². The molecular weight excluding hydrogens is 336 g/mol. The van der Waals surface area contributed by atoms with Crippen LogP contribution in [0.5, 0.6) is 0 Å². The van der Waals surface area contributed by atoms with Crippen LogP contribution in [0.4, 0.5) is 5.69 Å². The number of nitrogen functional groups attached to an aromatic ring is 1. The van der Waals surface area contributed by atoms with E-state index in [1.165, 1.54) is 6.07 Å². The van der Waals surface area contributed by atoms with E-state index in [4.69, 9.17) is 20.6 Å². The minimum Gasteiger partial charge on any atom is -0.461 e. The minimum atomic E-state index is -0.545. The molecule has 1 aromatic heterocycles. The molecule has 26 heavy (non-hydrogen) atoms. The molecule has 0 radical (unpaired) electrons. The van der Waals surface area contributed by atoms with E-state index in [1.807, 2.05) is 12.1 Å². The Hall–Kier alpha value is -3.19. The quantitative estimate of drug-likeness (QED) is 0.299. The van der Waals surface area contributed by atoms with E-state index in [9.17, 15) is 14.4 Å². The Bertz CT molecular complexity index is 1050. The van der Waals surface area contributed by atoms with Gasteiger partial charge < -0.3 is 20.6 Å². The Kier molecular flexibility index (Phi) is 4.99. The summed E-state index contributed by atoms with van der Waals surface area (Å²) in [5.74, 6) is -0.741. The third kappa shape index (κ3) is 3.57. The van der Waals surface area contributed by atoms with Crippen LogP contribution in [-0.4, -0.2) is 18.3 Å². The van der Waals surface area contributed by atoms with Crippen molar-refractivity contribution in [1.82, 2.24) is 0 Å². The summed E-state index contributed by atoms with van der Waals surface area (Å²) in [6, 6.07) is 10.2. The number of hydrogen-bond acceptors (Lipinski definition) is 7. The van der Waals surface area contributed by atoms with Crippen molar-refractivity contribution in [3.8, 4) is 0 Å². The van der Waals surface area contributed by atoms with E-state index in [2.05, 4.69) is 0 Å². The normalized spacial score (nSPS) is 11.0. The standard InChI is InChI=1S/C19H18N2O5/c20-9-12(22)4-7-17(23)25-10-11-8-18(24)26-19-13(11)5-6-14-15(19)2-1-3-16(14)21/h1-3,5-6,8H,4,7,9-10,20-21H2. The molecule has 0 amide bonds. The summed E-state index contributed by atoms with van der Waals surface area (Å²) in [6.45, 7) is -0.195. The molecule has 0 aliphatic carbocycles. The van der Waals surface area contributed by atoms with Crippen LogP contribution in [0, 0.1) is 0 Å². The highest BCUT2D eigenvalue weighted by atomic mass is 16.5. The zero-order valence-electron chi connectivity index (χ0n) is 14.0. The lowest BCUT2D eigenvalue weighted by Gasteiger charge is -2.09. The maximum atomic E-state index is 11.9. The fourth-order valence-electron chi connectivity index (χ4n) is 2.76. The smallest absolute Gasteiger partial charge is 0.336 e. The van der Waals surface area contributed by atoms with Crippen LogP contribution >= 0.6 is 0 Å². The third-order valence-corrected chi connectivity index (χ3v) is 4.11. The van der Waals surface area contributed by atoms with Crippen molar-refractivity contribution in [3.05, 3.63) is 52.4 Å². The topological polar surface area (TPSA) is 126 Å². The van der Waals surface area contributed by atoms with Gasteiger partial charge in [0.25, 0.3) is 0 Å². The van der Waals surface area contributed by atoms with E-state index in [0.29, 0.717) is 27.6 Å². The molecule has 0 fully saturated rings. The Balaban J connectivity index is 1.90. The van der Waals surface area contributed by atoms with Crippen molar-refractivity contribution >= 4 is 39.2 Å². The number of benzene rings is 2. The number of carbonyl (C=O) groups excluding carboxylic acids is 2. The first kappa shape index (κ1) is 17.6. The number of ether oxygens (including phenoxy) is 1. The first-order chi connectivity index (χ1) is 12.5. The van der Waals surface area contributed by atoms with Gasteiger partial charge in [0.15, 0.2) is 0 Å². The maximum Gasteiger partial charge on any atom is 0.336 e. The van der Waals surface area contributed by atoms with Gasteiger partial charge in [-0.05, 0) is 6.07 Å². The predicted molar refractivity (Wildman–Crippen MR) is 97.5 cm³/mol. The van der Waals surface area contributed by atoms with Crippen molar-refractivity contribution in [2.45, 2.75) is 19.4 Å². The van der Waals surface area contributed by atoms with Crippen molar-refractivity contribution in [2.75, 3.05) is 12.3 Å². The highest BCUT2D eigenvalue weighted by molar-refractivity contribution is 6.08. The highest BCUT2D eigenvalue weighted by Gasteiger charge is 2.13. The SMILES string of the molecule is NCC(=O)CCC(=O)OCc1cc(=O)oc2c1ccc1c(N)cccc12. The lowest BCUT2D eigenvalue weighted by molar-refractivity contribution is -0.146. The summed E-state index contributed by atoms with van der Waals surface area (Å²) in [4.78, 5) is 34.9. The number of ketones is 1. The first-order valence-electron chi connectivity index (χ1n) is 8.11. The minimum absolute atomic E-state index is 0.0386. The lowest BCUT2D eigenvalue weighted by Crippen LogP contribution is -2.15. The molecule has 1 heterocycles. The number of nitrogens with two attached hydrogens (primary N) is 2. The Morgan fingerprint density at radius 3 is 2.58 bits per heavy atom. The van der Waals surface area contributed by atoms with Crippen molar-refractivity contribution in [2.24, 2.45) is 5.73 Å². The lowest BCUT2D eigenvalue weighted by atomic mass is 10.0. The molecule has 0 saturated carbocycles. The van der Waals surface area contributed by atoms with Gasteiger partial charge in [-0.25, -0.2) is 4.79 Å². The van der Waals surface area contributed by atoms with Crippen LogP contribution in [-0.2, 0) is 20.9 Å². The van der Waals surface area contributed by atoms with Gasteiger partial charge in [-0.15, -0.1) is 0 Å². The zero-order valence-corrected chi connectivity index (χ0v) is 14.0. The molecule has 0 saturated heterocycles. The molecule has 2 aromatic carbocycles. The van der Waals surface area contributed by atoms with E-state index in [0.717, 1.165) is 5.39 Å². The van der Waals surface area contributed by atoms with Crippen molar-refractivity contribution < 1.29 is 18.7 Å². The zero-order chi connectivity index (χ0) is 18.7. The molecule has 0 atom stereocenters. The fourth-order valence-corrected chi connectivity index (χ4v) is 2.76. The summed E-state index contributed by atoms with van der Waals surface area (Å²) >= 11 is 0. The molecule has 3 rings (SSSR count). The van der Waals surface area contributed by atoms with Crippen LogP contribution in [0.2, 0.25) is 0 Å². The Morgan fingerprint density at radius 1 is 1.04 bits per heavy atom. The number of fused-ring (bicyclic) bond motifs is 3. The third-order valence-electron chi connectivity index (χ3n) is 4.11. The summed E-state index contributed by atoms with van der Waals surface area (Å²) in [7, 11) is 0. The van der Waals surface area contributed by atoms with Gasteiger partial charge in [0, 0.05) is 39.9 Å². The van der Waals surface area contributed by atoms with Crippen LogP contribution < -0.4 is 17.1 Å². The van der Waals surface area contributed by atoms with Crippen LogP contribution in [0.25, 0.3) is 21.7 Å².